The molecule has 0 unspecified atom stereocenters. The molecular weight excluding hydrogens is 268 g/mol. The van der Waals surface area contributed by atoms with Gasteiger partial charge in [0, 0.05) is 23.9 Å². The number of hydrogen-bond acceptors (Lipinski definition) is 5. The van der Waals surface area contributed by atoms with E-state index >= 15 is 0 Å². The number of piperidine rings is 1. The zero-order chi connectivity index (χ0) is 15.7. The van der Waals surface area contributed by atoms with Crippen LogP contribution in [0.25, 0.3) is 0 Å². The summed E-state index contributed by atoms with van der Waals surface area (Å²) in [4.78, 5) is 16.9. The maximum atomic E-state index is 12.2. The molecule has 1 aliphatic rings. The van der Waals surface area contributed by atoms with Crippen LogP contribution in [-0.2, 0) is 4.84 Å². The van der Waals surface area contributed by atoms with Crippen molar-refractivity contribution >= 4 is 11.7 Å². The Hall–Kier alpha value is -1.72. The van der Waals surface area contributed by atoms with Gasteiger partial charge in [-0.25, -0.2) is 4.79 Å². The van der Waals surface area contributed by atoms with E-state index in [1.807, 2.05) is 33.8 Å². The fourth-order valence-electron chi connectivity index (χ4n) is 2.82. The number of oxime groups is 1. The lowest BCUT2D eigenvalue weighted by Gasteiger charge is -2.57. The number of hydrogen-bond donors (Lipinski definition) is 0. The van der Waals surface area contributed by atoms with Gasteiger partial charge in [-0.1, -0.05) is 23.4 Å². The van der Waals surface area contributed by atoms with Gasteiger partial charge in [0.1, 0.15) is 0 Å². The maximum Gasteiger partial charge on any atom is 0.365 e. The Morgan fingerprint density at radius 2 is 1.67 bits per heavy atom. The number of carbonyl (C=O) groups excluding carboxylic acids is 1. The van der Waals surface area contributed by atoms with E-state index in [-0.39, 0.29) is 0 Å². The van der Waals surface area contributed by atoms with Gasteiger partial charge in [0.25, 0.3) is 0 Å². The van der Waals surface area contributed by atoms with Crippen molar-refractivity contribution < 1.29 is 9.63 Å². The van der Waals surface area contributed by atoms with Crippen LogP contribution < -0.4 is 0 Å². The van der Waals surface area contributed by atoms with Crippen molar-refractivity contribution in [2.75, 3.05) is 0 Å². The van der Waals surface area contributed by atoms with E-state index in [2.05, 4.69) is 5.16 Å². The molecule has 5 heteroatoms. The maximum absolute atomic E-state index is 12.2. The van der Waals surface area contributed by atoms with Gasteiger partial charge >= 0.3 is 5.97 Å². The summed E-state index contributed by atoms with van der Waals surface area (Å²) >= 11 is 0. The highest BCUT2D eigenvalue weighted by Gasteiger charge is 2.38. The first kappa shape index (κ1) is 15.7. The summed E-state index contributed by atoms with van der Waals surface area (Å²) < 4.78 is 0. The molecule has 21 heavy (non-hydrogen) atoms. The Kier molecular flexibility index (Phi) is 4.16. The highest BCUT2D eigenvalue weighted by atomic mass is 16.7. The van der Waals surface area contributed by atoms with Gasteiger partial charge in [-0.2, -0.15) is 0 Å². The minimum Gasteiger partial charge on any atom is -0.784 e. The lowest BCUT2D eigenvalue weighted by Crippen LogP contribution is -2.57. The molecule has 114 valence electrons. The second-order valence-electron chi connectivity index (χ2n) is 6.68. The summed E-state index contributed by atoms with van der Waals surface area (Å²) in [6.45, 7) is 7.48. The summed E-state index contributed by atoms with van der Waals surface area (Å²) in [5.74, 6) is -0.483. The van der Waals surface area contributed by atoms with Gasteiger partial charge in [-0.3, -0.25) is 0 Å². The second-order valence-corrected chi connectivity index (χ2v) is 6.68. The highest BCUT2D eigenvalue weighted by molar-refractivity contribution is 5.91. The fourth-order valence-corrected chi connectivity index (χ4v) is 2.82. The molecule has 1 saturated heterocycles. The third kappa shape index (κ3) is 3.49. The first-order valence-electron chi connectivity index (χ1n) is 7.02. The van der Waals surface area contributed by atoms with E-state index in [0.717, 1.165) is 10.8 Å². The summed E-state index contributed by atoms with van der Waals surface area (Å²) in [5, 5.41) is 17.3. The van der Waals surface area contributed by atoms with Crippen molar-refractivity contribution in [2.45, 2.75) is 51.6 Å². The van der Waals surface area contributed by atoms with Gasteiger partial charge in [0.15, 0.2) is 0 Å². The zero-order valence-electron chi connectivity index (χ0n) is 12.9. The molecule has 0 saturated carbocycles. The Morgan fingerprint density at radius 1 is 1.14 bits per heavy atom. The predicted octanol–water partition coefficient (Wildman–Crippen LogP) is 3.35. The number of hydroxylamine groups is 2. The van der Waals surface area contributed by atoms with E-state index in [0.29, 0.717) is 18.4 Å². The van der Waals surface area contributed by atoms with Crippen LogP contribution in [0.3, 0.4) is 0 Å². The average molecular weight is 289 g/mol. The van der Waals surface area contributed by atoms with Gasteiger partial charge in [-0.05, 0) is 39.8 Å². The van der Waals surface area contributed by atoms with Gasteiger partial charge in [-0.15, -0.1) is 0 Å². The standard InChI is InChI=1S/C16H21N2O3/c1-15(2)10-13(11-16(3,4)18(15)20)17-21-14(19)12-8-6-5-7-9-12/h5-9H,10-11H2,1-4H3/q-1. The molecule has 5 nitrogen and oxygen atoms in total. The number of benzene rings is 1. The highest BCUT2D eigenvalue weighted by Crippen LogP contribution is 2.35. The summed E-state index contributed by atoms with van der Waals surface area (Å²) in [5.41, 5.74) is 0.0856. The van der Waals surface area contributed by atoms with E-state index in [1.54, 1.807) is 24.3 Å². The number of nitrogens with zero attached hydrogens (tertiary/aromatic N) is 2. The molecule has 0 spiro atoms. The van der Waals surface area contributed by atoms with Crippen LogP contribution in [-0.4, -0.2) is 27.8 Å². The summed E-state index contributed by atoms with van der Waals surface area (Å²) in [6, 6.07) is 8.72. The van der Waals surface area contributed by atoms with E-state index in [4.69, 9.17) is 4.84 Å². The lowest BCUT2D eigenvalue weighted by molar-refractivity contribution is 0.0451. The van der Waals surface area contributed by atoms with E-state index in [1.165, 1.54) is 0 Å². The molecule has 0 radical (unpaired) electrons. The molecule has 1 heterocycles. The van der Waals surface area contributed by atoms with Gasteiger partial charge in [0.05, 0.1) is 11.3 Å². The molecule has 2 rings (SSSR count). The molecule has 1 aliphatic heterocycles. The van der Waals surface area contributed by atoms with Crippen molar-refractivity contribution in [1.29, 1.82) is 0 Å². The Labute approximate surface area is 125 Å². The second kappa shape index (κ2) is 5.58. The van der Waals surface area contributed by atoms with Crippen molar-refractivity contribution in [1.82, 2.24) is 5.06 Å². The Morgan fingerprint density at radius 3 is 2.19 bits per heavy atom. The largest absolute Gasteiger partial charge is 0.784 e. The first-order valence-corrected chi connectivity index (χ1v) is 7.02. The van der Waals surface area contributed by atoms with Crippen molar-refractivity contribution in [3.05, 3.63) is 41.1 Å². The van der Waals surface area contributed by atoms with Crippen LogP contribution in [0.1, 0.15) is 50.9 Å². The molecule has 0 amide bonds. The third-order valence-corrected chi connectivity index (χ3v) is 3.64. The first-order chi connectivity index (χ1) is 9.72. The molecule has 1 aromatic rings. The van der Waals surface area contributed by atoms with Crippen LogP contribution in [0.15, 0.2) is 35.5 Å². The molecule has 0 N–H and O–H groups in total. The van der Waals surface area contributed by atoms with Gasteiger partial charge < -0.3 is 15.1 Å². The van der Waals surface area contributed by atoms with Crippen molar-refractivity contribution in [2.24, 2.45) is 5.16 Å². The van der Waals surface area contributed by atoms with E-state index < -0.39 is 17.0 Å². The van der Waals surface area contributed by atoms with Crippen LogP contribution in [0.2, 0.25) is 0 Å². The monoisotopic (exact) mass is 289 g/mol. The van der Waals surface area contributed by atoms with Crippen LogP contribution in [0, 0.1) is 5.21 Å². The number of carbonyl (C=O) groups is 1. The normalized spacial score (nSPS) is 20.9. The van der Waals surface area contributed by atoms with Crippen LogP contribution in [0.5, 0.6) is 0 Å². The Balaban J connectivity index is 2.10. The molecule has 0 aliphatic carbocycles. The van der Waals surface area contributed by atoms with Crippen molar-refractivity contribution in [3.63, 3.8) is 0 Å². The minimum absolute atomic E-state index is 0.460. The lowest BCUT2D eigenvalue weighted by atomic mass is 9.81. The molecule has 1 aromatic carbocycles. The third-order valence-electron chi connectivity index (χ3n) is 3.64. The van der Waals surface area contributed by atoms with Crippen molar-refractivity contribution in [3.8, 4) is 0 Å². The summed E-state index contributed by atoms with van der Waals surface area (Å²) in [7, 11) is 0. The van der Waals surface area contributed by atoms with E-state index in [9.17, 15) is 10.0 Å². The zero-order valence-corrected chi connectivity index (χ0v) is 12.9. The molecule has 0 atom stereocenters. The fraction of sp³-hybridized carbons (Fsp3) is 0.500. The molecular formula is C16H21N2O3-. The van der Waals surface area contributed by atoms with Crippen LogP contribution >= 0.6 is 0 Å². The van der Waals surface area contributed by atoms with Crippen LogP contribution in [0.4, 0.5) is 0 Å². The quantitative estimate of drug-likeness (QED) is 0.618. The average Bonchev–Trinajstić information content (AvgIpc) is 2.42. The topological polar surface area (TPSA) is 65.0 Å². The SMILES string of the molecule is CC1(C)CC(=NOC(=O)c2ccccc2)CC(C)(C)N1[O-]. The molecule has 0 bridgehead atoms. The molecule has 1 fully saturated rings. The summed E-state index contributed by atoms with van der Waals surface area (Å²) in [6.07, 6.45) is 0.976. The van der Waals surface area contributed by atoms with Gasteiger partial charge in [0.2, 0.25) is 0 Å². The molecule has 0 aromatic heterocycles. The minimum atomic E-state index is -0.556. The Bertz CT molecular complexity index is 530. The smallest absolute Gasteiger partial charge is 0.365 e. The predicted molar refractivity (Wildman–Crippen MR) is 81.9 cm³/mol. The number of rotatable bonds is 2.